The second kappa shape index (κ2) is 4.33. The fourth-order valence-electron chi connectivity index (χ4n) is 0.632. The van der Waals surface area contributed by atoms with Gasteiger partial charge >= 0.3 is 6.09 Å². The van der Waals surface area contributed by atoms with E-state index >= 15 is 0 Å². The van der Waals surface area contributed by atoms with Crippen LogP contribution in [0.1, 0.15) is 38.2 Å². The third-order valence-electron chi connectivity index (χ3n) is 1.06. The normalized spacial score (nSPS) is 15.8. The number of nitrogens with zero attached hydrogens (tertiary/aromatic N) is 1. The van der Waals surface area contributed by atoms with Crippen molar-refractivity contribution in [2.24, 2.45) is 0 Å². The Bertz CT molecular complexity index is 220. The molecule has 0 aromatic rings. The molecular weight excluding hydrogens is 154 g/mol. The number of hydrogen-bond acceptors (Lipinski definition) is 2. The molecule has 0 heterocycles. The third-order valence-corrected chi connectivity index (χ3v) is 1.06. The minimum atomic E-state index is -2.43. The van der Waals surface area contributed by atoms with Gasteiger partial charge in [0.15, 0.2) is 0 Å². The zero-order valence-electron chi connectivity index (χ0n) is 11.2. The Balaban J connectivity index is 4.58. The monoisotopic (exact) mass is 176 g/mol. The standard InChI is InChI=1S/C9H19NO2/c1-6-7-10(5)8(11)12-9(2,3)4/h6-7H2,1-5H3/i5D3. The Labute approximate surface area is 78.9 Å². The fourth-order valence-corrected chi connectivity index (χ4v) is 0.632. The lowest BCUT2D eigenvalue weighted by Gasteiger charge is -2.24. The summed E-state index contributed by atoms with van der Waals surface area (Å²) in [5, 5.41) is 0. The van der Waals surface area contributed by atoms with Crippen molar-refractivity contribution >= 4 is 6.09 Å². The van der Waals surface area contributed by atoms with Crippen molar-refractivity contribution < 1.29 is 13.6 Å². The van der Waals surface area contributed by atoms with Gasteiger partial charge in [0.05, 0.1) is 0 Å². The number of ether oxygens (including phenoxy) is 1. The molecule has 0 rings (SSSR count). The summed E-state index contributed by atoms with van der Waals surface area (Å²) in [6, 6.07) is 0. The molecule has 12 heavy (non-hydrogen) atoms. The molecule has 0 radical (unpaired) electrons. The van der Waals surface area contributed by atoms with Crippen LogP contribution in [0.25, 0.3) is 0 Å². The van der Waals surface area contributed by atoms with Crippen molar-refractivity contribution in [2.45, 2.75) is 39.7 Å². The van der Waals surface area contributed by atoms with E-state index in [1.165, 1.54) is 0 Å². The van der Waals surface area contributed by atoms with E-state index in [1.807, 2.05) is 6.92 Å². The van der Waals surface area contributed by atoms with E-state index in [0.29, 0.717) is 6.42 Å². The molecule has 0 fully saturated rings. The minimum Gasteiger partial charge on any atom is -0.444 e. The summed E-state index contributed by atoms with van der Waals surface area (Å²) in [5.74, 6) is 0. The predicted octanol–water partition coefficient (Wildman–Crippen LogP) is 2.26. The summed E-state index contributed by atoms with van der Waals surface area (Å²) in [6.45, 7) is 4.66. The Morgan fingerprint density at radius 3 is 2.50 bits per heavy atom. The van der Waals surface area contributed by atoms with Crippen molar-refractivity contribution in [3.05, 3.63) is 0 Å². The SMILES string of the molecule is [2H]C([2H])([2H])N(CCC)C(=O)OC(C)(C)C. The quantitative estimate of drug-likeness (QED) is 0.646. The van der Waals surface area contributed by atoms with Gasteiger partial charge in [-0.3, -0.25) is 0 Å². The van der Waals surface area contributed by atoms with E-state index in [-0.39, 0.29) is 6.54 Å². The van der Waals surface area contributed by atoms with E-state index in [9.17, 15) is 4.79 Å². The van der Waals surface area contributed by atoms with Crippen LogP contribution in [-0.4, -0.2) is 30.1 Å². The first-order valence-electron chi connectivity index (χ1n) is 5.58. The molecule has 0 spiro atoms. The lowest BCUT2D eigenvalue weighted by molar-refractivity contribution is 0.0299. The molecule has 0 aliphatic rings. The van der Waals surface area contributed by atoms with E-state index in [0.717, 1.165) is 4.90 Å². The Hall–Kier alpha value is -0.730. The van der Waals surface area contributed by atoms with Gasteiger partial charge in [0.2, 0.25) is 0 Å². The summed E-state index contributed by atoms with van der Waals surface area (Å²) in [5.41, 5.74) is -0.672. The second-order valence-electron chi connectivity index (χ2n) is 3.63. The molecule has 0 bridgehead atoms. The molecule has 1 amide bonds. The highest BCUT2D eigenvalue weighted by atomic mass is 16.6. The van der Waals surface area contributed by atoms with E-state index in [2.05, 4.69) is 0 Å². The minimum absolute atomic E-state index is 0.172. The third kappa shape index (κ3) is 4.99. The number of carbonyl (C=O) groups excluding carboxylic acids is 1. The highest BCUT2D eigenvalue weighted by molar-refractivity contribution is 5.67. The van der Waals surface area contributed by atoms with E-state index in [4.69, 9.17) is 8.85 Å². The topological polar surface area (TPSA) is 29.5 Å². The van der Waals surface area contributed by atoms with Gasteiger partial charge < -0.3 is 9.64 Å². The second-order valence-corrected chi connectivity index (χ2v) is 3.63. The van der Waals surface area contributed by atoms with Gasteiger partial charge in [-0.25, -0.2) is 4.79 Å². The van der Waals surface area contributed by atoms with Crippen molar-refractivity contribution in [2.75, 3.05) is 13.5 Å². The van der Waals surface area contributed by atoms with Crippen LogP contribution in [0.2, 0.25) is 0 Å². The Kier molecular flexibility index (Phi) is 2.44. The molecule has 0 saturated heterocycles. The lowest BCUT2D eigenvalue weighted by atomic mass is 10.2. The molecule has 0 unspecified atom stereocenters. The van der Waals surface area contributed by atoms with Crippen molar-refractivity contribution in [1.29, 1.82) is 0 Å². The average molecular weight is 176 g/mol. The van der Waals surface area contributed by atoms with Crippen LogP contribution in [0.4, 0.5) is 4.79 Å². The lowest BCUT2D eigenvalue weighted by Crippen LogP contribution is -2.34. The first kappa shape index (κ1) is 6.75. The Morgan fingerprint density at radius 2 is 2.17 bits per heavy atom. The van der Waals surface area contributed by atoms with Gasteiger partial charge in [0.25, 0.3) is 0 Å². The van der Waals surface area contributed by atoms with Gasteiger partial charge in [-0.1, -0.05) is 6.92 Å². The number of carbonyl (C=O) groups is 1. The van der Waals surface area contributed by atoms with Crippen molar-refractivity contribution in [3.8, 4) is 0 Å². The Morgan fingerprint density at radius 1 is 1.58 bits per heavy atom. The molecule has 0 aromatic heterocycles. The van der Waals surface area contributed by atoms with Crippen LogP contribution in [0.15, 0.2) is 0 Å². The zero-order chi connectivity index (χ0) is 12.3. The van der Waals surface area contributed by atoms with Crippen LogP contribution in [0.5, 0.6) is 0 Å². The highest BCUT2D eigenvalue weighted by Gasteiger charge is 2.18. The maximum Gasteiger partial charge on any atom is 0.410 e. The molecule has 3 nitrogen and oxygen atoms in total. The molecule has 0 saturated carbocycles. The van der Waals surface area contributed by atoms with Crippen molar-refractivity contribution in [1.82, 2.24) is 4.90 Å². The van der Waals surface area contributed by atoms with Crippen LogP contribution >= 0.6 is 0 Å². The first-order valence-corrected chi connectivity index (χ1v) is 4.08. The smallest absolute Gasteiger partial charge is 0.410 e. The van der Waals surface area contributed by atoms with Gasteiger partial charge in [0.1, 0.15) is 5.60 Å². The highest BCUT2D eigenvalue weighted by Crippen LogP contribution is 2.08. The summed E-state index contributed by atoms with van der Waals surface area (Å²) in [7, 11) is 0. The molecule has 0 aliphatic heterocycles. The number of amides is 1. The maximum absolute atomic E-state index is 11.5. The average Bonchev–Trinajstić information content (AvgIpc) is 1.93. The largest absolute Gasteiger partial charge is 0.444 e. The molecule has 72 valence electrons. The van der Waals surface area contributed by atoms with Crippen molar-refractivity contribution in [3.63, 3.8) is 0 Å². The van der Waals surface area contributed by atoms with Crippen LogP contribution in [0.3, 0.4) is 0 Å². The molecular formula is C9H19NO2. The fraction of sp³-hybridized carbons (Fsp3) is 0.889. The van der Waals surface area contributed by atoms with E-state index < -0.39 is 18.7 Å². The maximum atomic E-state index is 11.5. The van der Waals surface area contributed by atoms with Crippen LogP contribution < -0.4 is 0 Å². The molecule has 0 atom stereocenters. The summed E-state index contributed by atoms with van der Waals surface area (Å²) >= 11 is 0. The van der Waals surface area contributed by atoms with Crippen LogP contribution in [-0.2, 0) is 4.74 Å². The van der Waals surface area contributed by atoms with E-state index in [1.54, 1.807) is 20.8 Å². The van der Waals surface area contributed by atoms with Crippen LogP contribution in [0, 0.1) is 0 Å². The first-order chi connectivity index (χ1) is 6.58. The molecule has 3 heteroatoms. The number of rotatable bonds is 2. The van der Waals surface area contributed by atoms with Gasteiger partial charge in [0, 0.05) is 17.6 Å². The van der Waals surface area contributed by atoms with Gasteiger partial charge in [-0.15, -0.1) is 0 Å². The predicted molar refractivity (Wildman–Crippen MR) is 49.2 cm³/mol. The number of hydrogen-bond donors (Lipinski definition) is 0. The summed E-state index contributed by atoms with van der Waals surface area (Å²) < 4.78 is 26.6. The molecule has 0 N–H and O–H groups in total. The van der Waals surface area contributed by atoms with Gasteiger partial charge in [-0.05, 0) is 27.2 Å². The molecule has 0 aliphatic carbocycles. The zero-order valence-corrected chi connectivity index (χ0v) is 8.18. The summed E-state index contributed by atoms with van der Waals surface area (Å²) in [4.78, 5) is 12.3. The van der Waals surface area contributed by atoms with Gasteiger partial charge in [-0.2, -0.15) is 0 Å². The summed E-state index contributed by atoms with van der Waals surface area (Å²) in [6.07, 6.45) is -0.207. The molecule has 0 aromatic carbocycles.